The van der Waals surface area contributed by atoms with Gasteiger partial charge in [-0.25, -0.2) is 9.37 Å². The van der Waals surface area contributed by atoms with Crippen LogP contribution in [-0.2, 0) is 12.0 Å². The second-order valence-corrected chi connectivity index (χ2v) is 5.81. The van der Waals surface area contributed by atoms with Gasteiger partial charge < -0.3 is 5.11 Å². The zero-order valence-corrected chi connectivity index (χ0v) is 11.2. The first-order valence-corrected chi connectivity index (χ1v) is 6.90. The molecule has 1 aromatic carbocycles. The number of aromatic nitrogens is 1. The van der Waals surface area contributed by atoms with E-state index in [0.29, 0.717) is 17.8 Å². The molecule has 1 aliphatic rings. The third-order valence-electron chi connectivity index (χ3n) is 3.10. The van der Waals surface area contributed by atoms with Crippen LogP contribution >= 0.6 is 27.3 Å². The Labute approximate surface area is 110 Å². The van der Waals surface area contributed by atoms with Crippen molar-refractivity contribution in [3.05, 3.63) is 50.1 Å². The van der Waals surface area contributed by atoms with Crippen LogP contribution in [0.5, 0.6) is 0 Å². The lowest BCUT2D eigenvalue weighted by Crippen LogP contribution is -2.23. The average molecular weight is 314 g/mol. The zero-order valence-electron chi connectivity index (χ0n) is 8.78. The van der Waals surface area contributed by atoms with Crippen LogP contribution in [0.2, 0.25) is 0 Å². The van der Waals surface area contributed by atoms with Gasteiger partial charge in [0.05, 0.1) is 0 Å². The minimum Gasteiger partial charge on any atom is -0.378 e. The van der Waals surface area contributed by atoms with Crippen molar-refractivity contribution in [1.29, 1.82) is 0 Å². The van der Waals surface area contributed by atoms with E-state index in [2.05, 4.69) is 20.9 Å². The molecule has 2 nitrogen and oxygen atoms in total. The van der Waals surface area contributed by atoms with E-state index in [1.165, 1.54) is 23.5 Å². The summed E-state index contributed by atoms with van der Waals surface area (Å²) in [7, 11) is 0. The molecule has 3 rings (SSSR count). The third-order valence-corrected chi connectivity index (χ3v) is 4.80. The maximum Gasteiger partial charge on any atom is 0.142 e. The summed E-state index contributed by atoms with van der Waals surface area (Å²) in [5.41, 5.74) is 0.597. The molecule has 0 saturated carbocycles. The molecule has 1 atom stereocenters. The quantitative estimate of drug-likeness (QED) is 0.877. The SMILES string of the molecule is OC1(c2nc(Br)cs2)CCc2cc(F)ccc21. The van der Waals surface area contributed by atoms with Gasteiger partial charge in [-0.1, -0.05) is 6.07 Å². The van der Waals surface area contributed by atoms with Gasteiger partial charge in [0.1, 0.15) is 21.0 Å². The van der Waals surface area contributed by atoms with E-state index < -0.39 is 5.60 Å². The Balaban J connectivity index is 2.13. The standard InChI is InChI=1S/C12H9BrFNOS/c13-10-6-17-11(15-10)12(16)4-3-7-5-8(14)1-2-9(7)12/h1-2,5-6,16H,3-4H2. The number of hydrogen-bond donors (Lipinski definition) is 1. The number of benzene rings is 1. The third kappa shape index (κ3) is 1.73. The van der Waals surface area contributed by atoms with Crippen molar-refractivity contribution in [2.75, 3.05) is 0 Å². The molecule has 0 amide bonds. The fraction of sp³-hybridized carbons (Fsp3) is 0.250. The Bertz CT molecular complexity index is 586. The maximum absolute atomic E-state index is 13.1. The first kappa shape index (κ1) is 11.3. The molecular weight excluding hydrogens is 305 g/mol. The van der Waals surface area contributed by atoms with Gasteiger partial charge in [-0.3, -0.25) is 0 Å². The fourth-order valence-corrected chi connectivity index (χ4v) is 3.68. The molecule has 1 N–H and O–H groups in total. The molecule has 0 spiro atoms. The molecule has 0 bridgehead atoms. The number of rotatable bonds is 1. The molecule has 0 radical (unpaired) electrons. The lowest BCUT2D eigenvalue weighted by molar-refractivity contribution is 0.0825. The second-order valence-electron chi connectivity index (χ2n) is 4.14. The van der Waals surface area contributed by atoms with E-state index in [-0.39, 0.29) is 5.82 Å². The summed E-state index contributed by atoms with van der Waals surface area (Å²) in [4.78, 5) is 4.28. The minimum atomic E-state index is -1.06. The smallest absolute Gasteiger partial charge is 0.142 e. The number of nitrogens with zero attached hydrogens (tertiary/aromatic N) is 1. The van der Waals surface area contributed by atoms with Crippen molar-refractivity contribution in [2.24, 2.45) is 0 Å². The Hall–Kier alpha value is -0.780. The van der Waals surface area contributed by atoms with E-state index in [1.807, 2.05) is 5.38 Å². The summed E-state index contributed by atoms with van der Waals surface area (Å²) in [6.45, 7) is 0. The highest BCUT2D eigenvalue weighted by molar-refractivity contribution is 9.10. The van der Waals surface area contributed by atoms with Crippen LogP contribution in [0.25, 0.3) is 0 Å². The molecular formula is C12H9BrFNOS. The van der Waals surface area contributed by atoms with Gasteiger partial charge in [0, 0.05) is 5.38 Å². The summed E-state index contributed by atoms with van der Waals surface area (Å²) in [5, 5.41) is 13.2. The van der Waals surface area contributed by atoms with Crippen LogP contribution in [0.15, 0.2) is 28.2 Å². The molecule has 5 heteroatoms. The van der Waals surface area contributed by atoms with Crippen molar-refractivity contribution >= 4 is 27.3 Å². The van der Waals surface area contributed by atoms with Crippen LogP contribution < -0.4 is 0 Å². The lowest BCUT2D eigenvalue weighted by Gasteiger charge is -2.21. The lowest BCUT2D eigenvalue weighted by atomic mass is 9.97. The highest BCUT2D eigenvalue weighted by Gasteiger charge is 2.40. The monoisotopic (exact) mass is 313 g/mol. The van der Waals surface area contributed by atoms with E-state index in [4.69, 9.17) is 0 Å². The number of aliphatic hydroxyl groups is 1. The number of halogens is 2. The fourth-order valence-electron chi connectivity index (χ4n) is 2.29. The van der Waals surface area contributed by atoms with Crippen molar-refractivity contribution < 1.29 is 9.50 Å². The summed E-state index contributed by atoms with van der Waals surface area (Å²) in [6.07, 6.45) is 1.24. The largest absolute Gasteiger partial charge is 0.378 e. The molecule has 0 fully saturated rings. The van der Waals surface area contributed by atoms with Gasteiger partial charge in [0.2, 0.25) is 0 Å². The summed E-state index contributed by atoms with van der Waals surface area (Å²) < 4.78 is 13.8. The van der Waals surface area contributed by atoms with Gasteiger partial charge in [0.25, 0.3) is 0 Å². The van der Waals surface area contributed by atoms with Crippen LogP contribution in [0.4, 0.5) is 4.39 Å². The zero-order chi connectivity index (χ0) is 12.0. The Morgan fingerprint density at radius 2 is 2.29 bits per heavy atom. The predicted octanol–water partition coefficient (Wildman–Crippen LogP) is 3.23. The van der Waals surface area contributed by atoms with E-state index in [0.717, 1.165) is 15.7 Å². The molecule has 1 aromatic heterocycles. The number of aryl methyl sites for hydroxylation is 1. The Morgan fingerprint density at radius 1 is 1.47 bits per heavy atom. The van der Waals surface area contributed by atoms with Gasteiger partial charge in [-0.15, -0.1) is 11.3 Å². The number of thiazole rings is 1. The summed E-state index contributed by atoms with van der Waals surface area (Å²) in [6, 6.07) is 4.54. The minimum absolute atomic E-state index is 0.256. The molecule has 1 unspecified atom stereocenters. The normalized spacial score (nSPS) is 22.8. The van der Waals surface area contributed by atoms with Crippen molar-refractivity contribution in [3.63, 3.8) is 0 Å². The first-order chi connectivity index (χ1) is 8.09. The first-order valence-electron chi connectivity index (χ1n) is 5.22. The molecule has 88 valence electrons. The Morgan fingerprint density at radius 3 is 3.00 bits per heavy atom. The summed E-state index contributed by atoms with van der Waals surface area (Å²) in [5.74, 6) is -0.256. The molecule has 2 aromatic rings. The molecule has 17 heavy (non-hydrogen) atoms. The number of hydrogen-bond acceptors (Lipinski definition) is 3. The van der Waals surface area contributed by atoms with Crippen LogP contribution in [0.1, 0.15) is 22.6 Å². The van der Waals surface area contributed by atoms with Crippen LogP contribution in [-0.4, -0.2) is 10.1 Å². The topological polar surface area (TPSA) is 33.1 Å². The van der Waals surface area contributed by atoms with E-state index in [9.17, 15) is 9.50 Å². The maximum atomic E-state index is 13.1. The molecule has 1 aliphatic carbocycles. The van der Waals surface area contributed by atoms with Crippen molar-refractivity contribution in [3.8, 4) is 0 Å². The number of fused-ring (bicyclic) bond motifs is 1. The Kier molecular flexibility index (Phi) is 2.57. The molecule has 1 heterocycles. The van der Waals surface area contributed by atoms with Crippen LogP contribution in [0.3, 0.4) is 0 Å². The van der Waals surface area contributed by atoms with Crippen molar-refractivity contribution in [2.45, 2.75) is 18.4 Å². The molecule has 0 saturated heterocycles. The van der Waals surface area contributed by atoms with E-state index in [1.54, 1.807) is 6.07 Å². The van der Waals surface area contributed by atoms with Gasteiger partial charge in [-0.2, -0.15) is 0 Å². The predicted molar refractivity (Wildman–Crippen MR) is 67.5 cm³/mol. The van der Waals surface area contributed by atoms with E-state index >= 15 is 0 Å². The highest BCUT2D eigenvalue weighted by atomic mass is 79.9. The van der Waals surface area contributed by atoms with Gasteiger partial charge >= 0.3 is 0 Å². The summed E-state index contributed by atoms with van der Waals surface area (Å²) >= 11 is 4.69. The second kappa shape index (κ2) is 3.86. The van der Waals surface area contributed by atoms with Crippen molar-refractivity contribution in [1.82, 2.24) is 4.98 Å². The highest BCUT2D eigenvalue weighted by Crippen LogP contribution is 2.43. The van der Waals surface area contributed by atoms with Gasteiger partial charge in [-0.05, 0) is 52.0 Å². The molecule has 0 aliphatic heterocycles. The average Bonchev–Trinajstić information content (AvgIpc) is 2.85. The van der Waals surface area contributed by atoms with Gasteiger partial charge in [0.15, 0.2) is 0 Å². The van der Waals surface area contributed by atoms with Crippen LogP contribution in [0, 0.1) is 5.82 Å².